The average Bonchev–Trinajstić information content (AvgIpc) is 2.19. The van der Waals surface area contributed by atoms with Crippen LogP contribution in [-0.4, -0.2) is 31.5 Å². The number of alkyl halides is 1. The summed E-state index contributed by atoms with van der Waals surface area (Å²) < 4.78 is 5.22. The van der Waals surface area contributed by atoms with Crippen molar-refractivity contribution in [3.63, 3.8) is 0 Å². The van der Waals surface area contributed by atoms with Crippen molar-refractivity contribution in [3.8, 4) is 0 Å². The van der Waals surface area contributed by atoms with Crippen LogP contribution >= 0.6 is 11.6 Å². The summed E-state index contributed by atoms with van der Waals surface area (Å²) in [6.45, 7) is 2.05. The molecule has 1 atom stereocenters. The Hall–Kier alpha value is -0.280. The summed E-state index contributed by atoms with van der Waals surface area (Å²) in [5, 5.41) is 2.85. The predicted molar refractivity (Wildman–Crippen MR) is 51.9 cm³/mol. The molecule has 0 aromatic heterocycles. The lowest BCUT2D eigenvalue weighted by Gasteiger charge is -2.21. The van der Waals surface area contributed by atoms with Crippen molar-refractivity contribution >= 4 is 17.5 Å². The topological polar surface area (TPSA) is 38.3 Å². The van der Waals surface area contributed by atoms with E-state index in [4.69, 9.17) is 16.3 Å². The van der Waals surface area contributed by atoms with Crippen LogP contribution in [0.3, 0.4) is 0 Å². The second-order valence-electron chi connectivity index (χ2n) is 3.25. The number of carbonyl (C=O) groups excluding carboxylic acids is 1. The minimum absolute atomic E-state index is 0.0593. The highest BCUT2D eigenvalue weighted by Gasteiger charge is 2.20. The lowest BCUT2D eigenvalue weighted by molar-refractivity contribution is -0.128. The quantitative estimate of drug-likeness (QED) is 0.553. The molecular weight excluding hydrogens is 190 g/mol. The molecule has 0 bridgehead atoms. The molecule has 1 saturated heterocycles. The maximum atomic E-state index is 11.4. The van der Waals surface area contributed by atoms with Gasteiger partial charge in [-0.25, -0.2) is 0 Å². The number of ether oxygens (including phenoxy) is 1. The summed E-state index contributed by atoms with van der Waals surface area (Å²) in [6, 6.07) is 0. The van der Waals surface area contributed by atoms with E-state index < -0.39 is 0 Å². The van der Waals surface area contributed by atoms with E-state index in [-0.39, 0.29) is 11.8 Å². The zero-order valence-corrected chi connectivity index (χ0v) is 8.48. The molecule has 0 aromatic carbocycles. The van der Waals surface area contributed by atoms with E-state index in [0.717, 1.165) is 25.9 Å². The van der Waals surface area contributed by atoms with Crippen LogP contribution in [0, 0.1) is 5.92 Å². The third-order valence-corrected chi connectivity index (χ3v) is 2.41. The average molecular weight is 206 g/mol. The van der Waals surface area contributed by atoms with Gasteiger partial charge in [0.25, 0.3) is 0 Å². The van der Waals surface area contributed by atoms with Gasteiger partial charge in [-0.2, -0.15) is 0 Å². The van der Waals surface area contributed by atoms with Crippen molar-refractivity contribution in [3.05, 3.63) is 0 Å². The minimum Gasteiger partial charge on any atom is -0.381 e. The molecule has 0 spiro atoms. The molecule has 1 N–H and O–H groups in total. The van der Waals surface area contributed by atoms with Crippen LogP contribution in [0.5, 0.6) is 0 Å². The monoisotopic (exact) mass is 205 g/mol. The van der Waals surface area contributed by atoms with Crippen LogP contribution in [0.15, 0.2) is 0 Å². The van der Waals surface area contributed by atoms with Gasteiger partial charge in [0.1, 0.15) is 0 Å². The number of amides is 1. The predicted octanol–water partition coefficient (Wildman–Crippen LogP) is 1.16. The summed E-state index contributed by atoms with van der Waals surface area (Å²) in [6.07, 6.45) is 2.78. The molecule has 1 rings (SSSR count). The van der Waals surface area contributed by atoms with Gasteiger partial charge < -0.3 is 10.1 Å². The summed E-state index contributed by atoms with van der Waals surface area (Å²) in [5.41, 5.74) is 0. The molecule has 1 amide bonds. The van der Waals surface area contributed by atoms with E-state index in [1.54, 1.807) is 0 Å². The zero-order valence-electron chi connectivity index (χ0n) is 7.72. The van der Waals surface area contributed by atoms with Gasteiger partial charge in [-0.15, -0.1) is 11.6 Å². The van der Waals surface area contributed by atoms with Gasteiger partial charge in [0, 0.05) is 19.0 Å². The highest BCUT2D eigenvalue weighted by molar-refractivity contribution is 6.17. The molecule has 13 heavy (non-hydrogen) atoms. The maximum absolute atomic E-state index is 11.4. The molecule has 1 aliphatic heterocycles. The number of rotatable bonds is 4. The van der Waals surface area contributed by atoms with E-state index >= 15 is 0 Å². The van der Waals surface area contributed by atoms with Gasteiger partial charge in [0.2, 0.25) is 5.91 Å². The Kier molecular flexibility index (Phi) is 5.16. The van der Waals surface area contributed by atoms with Gasteiger partial charge in [-0.05, 0) is 19.3 Å². The highest BCUT2D eigenvalue weighted by atomic mass is 35.5. The fraction of sp³-hybridized carbons (Fsp3) is 0.889. The van der Waals surface area contributed by atoms with Crippen molar-refractivity contribution in [1.29, 1.82) is 0 Å². The number of halogens is 1. The largest absolute Gasteiger partial charge is 0.381 e. The molecule has 76 valence electrons. The Labute approximate surface area is 83.8 Å². The van der Waals surface area contributed by atoms with Crippen LogP contribution in [0.1, 0.15) is 19.3 Å². The Morgan fingerprint density at radius 2 is 2.46 bits per heavy atom. The van der Waals surface area contributed by atoms with Crippen LogP contribution in [0.2, 0.25) is 0 Å². The first-order valence-electron chi connectivity index (χ1n) is 4.76. The molecule has 0 saturated carbocycles. The molecule has 1 aliphatic rings. The standard InChI is InChI=1S/C9H16ClNO2/c10-4-2-5-11-9(12)8-3-1-6-13-7-8/h8H,1-7H2,(H,11,12). The summed E-state index contributed by atoms with van der Waals surface area (Å²) in [5.74, 6) is 0.774. The van der Waals surface area contributed by atoms with E-state index in [1.807, 2.05) is 0 Å². The van der Waals surface area contributed by atoms with Crippen molar-refractivity contribution in [2.24, 2.45) is 5.92 Å². The number of hydrogen-bond acceptors (Lipinski definition) is 2. The van der Waals surface area contributed by atoms with Crippen molar-refractivity contribution < 1.29 is 9.53 Å². The Morgan fingerprint density at radius 1 is 1.62 bits per heavy atom. The van der Waals surface area contributed by atoms with Gasteiger partial charge in [0.05, 0.1) is 12.5 Å². The number of hydrogen-bond donors (Lipinski definition) is 1. The second-order valence-corrected chi connectivity index (χ2v) is 3.63. The fourth-order valence-electron chi connectivity index (χ4n) is 1.37. The van der Waals surface area contributed by atoms with Crippen LogP contribution in [0.4, 0.5) is 0 Å². The van der Waals surface area contributed by atoms with E-state index in [9.17, 15) is 4.79 Å². The Bertz CT molecular complexity index is 158. The van der Waals surface area contributed by atoms with Crippen LogP contribution in [-0.2, 0) is 9.53 Å². The van der Waals surface area contributed by atoms with Gasteiger partial charge in [-0.1, -0.05) is 0 Å². The SMILES string of the molecule is O=C(NCCCCl)C1CCCOC1. The third-order valence-electron chi connectivity index (χ3n) is 2.14. The van der Waals surface area contributed by atoms with Crippen molar-refractivity contribution in [1.82, 2.24) is 5.32 Å². The van der Waals surface area contributed by atoms with E-state index in [1.165, 1.54) is 0 Å². The number of carbonyl (C=O) groups is 1. The van der Waals surface area contributed by atoms with E-state index in [2.05, 4.69) is 5.32 Å². The third kappa shape index (κ3) is 3.96. The van der Waals surface area contributed by atoms with Crippen molar-refractivity contribution in [2.45, 2.75) is 19.3 Å². The molecule has 1 fully saturated rings. The molecule has 0 aliphatic carbocycles. The lowest BCUT2D eigenvalue weighted by Crippen LogP contribution is -2.36. The molecule has 0 aromatic rings. The Morgan fingerprint density at radius 3 is 3.08 bits per heavy atom. The van der Waals surface area contributed by atoms with Gasteiger partial charge in [-0.3, -0.25) is 4.79 Å². The summed E-state index contributed by atoms with van der Waals surface area (Å²) in [4.78, 5) is 11.4. The first-order valence-corrected chi connectivity index (χ1v) is 5.29. The fourth-order valence-corrected chi connectivity index (χ4v) is 1.50. The highest BCUT2D eigenvalue weighted by Crippen LogP contribution is 2.13. The first kappa shape index (κ1) is 10.8. The molecular formula is C9H16ClNO2. The molecule has 4 heteroatoms. The van der Waals surface area contributed by atoms with E-state index in [0.29, 0.717) is 19.0 Å². The molecule has 0 radical (unpaired) electrons. The van der Waals surface area contributed by atoms with Gasteiger partial charge in [0.15, 0.2) is 0 Å². The Balaban J connectivity index is 2.13. The lowest BCUT2D eigenvalue weighted by atomic mass is 10.0. The van der Waals surface area contributed by atoms with Crippen LogP contribution < -0.4 is 5.32 Å². The summed E-state index contributed by atoms with van der Waals surface area (Å²) in [7, 11) is 0. The molecule has 1 heterocycles. The maximum Gasteiger partial charge on any atom is 0.225 e. The zero-order chi connectivity index (χ0) is 9.52. The molecule has 3 nitrogen and oxygen atoms in total. The van der Waals surface area contributed by atoms with Crippen LogP contribution in [0.25, 0.3) is 0 Å². The normalized spacial score (nSPS) is 22.7. The molecule has 1 unspecified atom stereocenters. The van der Waals surface area contributed by atoms with Crippen molar-refractivity contribution in [2.75, 3.05) is 25.6 Å². The first-order chi connectivity index (χ1) is 6.34. The number of nitrogens with one attached hydrogen (secondary N) is 1. The minimum atomic E-state index is 0.0593. The van der Waals surface area contributed by atoms with Gasteiger partial charge >= 0.3 is 0 Å². The smallest absolute Gasteiger partial charge is 0.225 e. The second kappa shape index (κ2) is 6.22. The summed E-state index contributed by atoms with van der Waals surface area (Å²) >= 11 is 5.49.